The van der Waals surface area contributed by atoms with Crippen LogP contribution in [0.1, 0.15) is 99.9 Å². The average molecular weight is 470 g/mol. The van der Waals surface area contributed by atoms with Gasteiger partial charge in [0.1, 0.15) is 7.05 Å². The van der Waals surface area contributed by atoms with Crippen LogP contribution in [0.3, 0.4) is 0 Å². The van der Waals surface area contributed by atoms with Crippen LogP contribution in [0.25, 0.3) is 0 Å². The van der Waals surface area contributed by atoms with Crippen molar-refractivity contribution in [2.24, 2.45) is 7.05 Å². The molecule has 0 atom stereocenters. The molecule has 1 N–H and O–H groups in total. The average Bonchev–Trinajstić information content (AvgIpc) is 2.86. The minimum Gasteiger partial charge on any atom is -0.492 e. The van der Waals surface area contributed by atoms with Crippen LogP contribution in [0.5, 0.6) is 11.5 Å². The van der Waals surface area contributed by atoms with Gasteiger partial charge in [-0.15, -0.1) is 0 Å². The van der Waals surface area contributed by atoms with E-state index in [9.17, 15) is 4.79 Å². The molecule has 188 valence electrons. The first kappa shape index (κ1) is 27.7. The quantitative estimate of drug-likeness (QED) is 0.199. The molecule has 1 amide bonds. The summed E-state index contributed by atoms with van der Waals surface area (Å²) in [6.07, 6.45) is 19.7. The van der Waals surface area contributed by atoms with Gasteiger partial charge in [0.25, 0.3) is 5.91 Å². The lowest BCUT2D eigenvalue weighted by atomic mass is 10.1. The normalized spacial score (nSPS) is 10.8. The Morgan fingerprint density at radius 1 is 0.853 bits per heavy atom. The fourth-order valence-electron chi connectivity index (χ4n) is 4.07. The number of carbonyl (C=O) groups is 1. The van der Waals surface area contributed by atoms with Crippen LogP contribution >= 0.6 is 0 Å². The lowest BCUT2D eigenvalue weighted by molar-refractivity contribution is -0.671. The van der Waals surface area contributed by atoms with Crippen molar-refractivity contribution in [1.82, 2.24) is 5.32 Å². The van der Waals surface area contributed by atoms with Gasteiger partial charge in [-0.3, -0.25) is 4.79 Å². The zero-order valence-corrected chi connectivity index (χ0v) is 21.6. The molecule has 1 aromatic heterocycles. The van der Waals surface area contributed by atoms with Gasteiger partial charge in [0.05, 0.1) is 19.3 Å². The molecule has 1 heterocycles. The number of aryl methyl sites for hydroxylation is 1. The van der Waals surface area contributed by atoms with E-state index < -0.39 is 0 Å². The summed E-state index contributed by atoms with van der Waals surface area (Å²) in [6, 6.07) is 9.47. The van der Waals surface area contributed by atoms with Crippen LogP contribution in [0.4, 0.5) is 0 Å². The van der Waals surface area contributed by atoms with Crippen LogP contribution in [0.15, 0.2) is 42.7 Å². The number of nitrogens with zero attached hydrogens (tertiary/aromatic N) is 1. The summed E-state index contributed by atoms with van der Waals surface area (Å²) in [7, 11) is 3.55. The molecule has 0 aliphatic heterocycles. The van der Waals surface area contributed by atoms with Gasteiger partial charge in [0.15, 0.2) is 23.9 Å². The molecular formula is C29H45N2O3+. The number of methoxy groups -OCH3 is 1. The molecule has 5 nitrogen and oxygen atoms in total. The first-order valence-corrected chi connectivity index (χ1v) is 13.2. The molecular weight excluding hydrogens is 424 g/mol. The van der Waals surface area contributed by atoms with Crippen molar-refractivity contribution in [2.75, 3.05) is 13.7 Å². The minimum atomic E-state index is -0.166. The zero-order valence-electron chi connectivity index (χ0n) is 21.6. The van der Waals surface area contributed by atoms with E-state index in [4.69, 9.17) is 9.47 Å². The lowest BCUT2D eigenvalue weighted by Crippen LogP contribution is -2.27. The number of carbonyl (C=O) groups excluding carboxylic acids is 1. The number of benzene rings is 1. The van der Waals surface area contributed by atoms with Crippen LogP contribution in [0, 0.1) is 0 Å². The van der Waals surface area contributed by atoms with Crippen molar-refractivity contribution >= 4 is 5.91 Å². The SMILES string of the molecule is CCCCCCCCCCCCCCOc1cccc(C(=O)NCc2cc[n+](C)cc2)c1OC. The van der Waals surface area contributed by atoms with Crippen molar-refractivity contribution in [3.05, 3.63) is 53.9 Å². The number of aromatic nitrogens is 1. The summed E-state index contributed by atoms with van der Waals surface area (Å²) in [5.41, 5.74) is 1.54. The largest absolute Gasteiger partial charge is 0.492 e. The third-order valence-corrected chi connectivity index (χ3v) is 6.18. The van der Waals surface area contributed by atoms with Crippen molar-refractivity contribution in [1.29, 1.82) is 0 Å². The number of hydrogen-bond acceptors (Lipinski definition) is 3. The summed E-state index contributed by atoms with van der Waals surface area (Å²) < 4.78 is 13.5. The summed E-state index contributed by atoms with van der Waals surface area (Å²) in [4.78, 5) is 12.8. The smallest absolute Gasteiger partial charge is 0.255 e. The van der Waals surface area contributed by atoms with E-state index in [1.54, 1.807) is 13.2 Å². The van der Waals surface area contributed by atoms with Gasteiger partial charge in [-0.2, -0.15) is 0 Å². The summed E-state index contributed by atoms with van der Waals surface area (Å²) in [5, 5.41) is 2.97. The van der Waals surface area contributed by atoms with Gasteiger partial charge in [0.2, 0.25) is 0 Å². The molecule has 2 aromatic rings. The van der Waals surface area contributed by atoms with Crippen LogP contribution in [0.2, 0.25) is 0 Å². The fourth-order valence-corrected chi connectivity index (χ4v) is 4.07. The van der Waals surface area contributed by atoms with E-state index in [0.29, 0.717) is 30.2 Å². The highest BCUT2D eigenvalue weighted by atomic mass is 16.5. The number of para-hydroxylation sites is 1. The maximum absolute atomic E-state index is 12.8. The number of ether oxygens (including phenoxy) is 2. The number of amides is 1. The monoisotopic (exact) mass is 469 g/mol. The summed E-state index contributed by atoms with van der Waals surface area (Å²) in [6.45, 7) is 3.37. The molecule has 0 unspecified atom stereocenters. The first-order chi connectivity index (χ1) is 16.7. The topological polar surface area (TPSA) is 51.4 Å². The van der Waals surface area contributed by atoms with Gasteiger partial charge >= 0.3 is 0 Å². The Morgan fingerprint density at radius 2 is 1.44 bits per heavy atom. The molecule has 0 bridgehead atoms. The van der Waals surface area contributed by atoms with Crippen LogP contribution in [-0.2, 0) is 13.6 Å². The Hall–Kier alpha value is -2.56. The second-order valence-electron chi connectivity index (χ2n) is 9.13. The van der Waals surface area contributed by atoms with Gasteiger partial charge in [0, 0.05) is 18.7 Å². The number of rotatable bonds is 18. The molecule has 0 aliphatic carbocycles. The molecule has 0 saturated heterocycles. The van der Waals surface area contributed by atoms with Gasteiger partial charge in [-0.1, -0.05) is 83.6 Å². The highest BCUT2D eigenvalue weighted by molar-refractivity contribution is 5.97. The molecule has 0 spiro atoms. The Morgan fingerprint density at radius 3 is 2.03 bits per heavy atom. The van der Waals surface area contributed by atoms with E-state index in [2.05, 4.69) is 12.2 Å². The molecule has 0 radical (unpaired) electrons. The maximum Gasteiger partial charge on any atom is 0.255 e. The third kappa shape index (κ3) is 10.6. The second-order valence-corrected chi connectivity index (χ2v) is 9.13. The van der Waals surface area contributed by atoms with E-state index in [1.807, 2.05) is 48.3 Å². The Balaban J connectivity index is 1.65. The number of pyridine rings is 1. The number of hydrogen-bond donors (Lipinski definition) is 1. The van der Waals surface area contributed by atoms with E-state index in [1.165, 1.54) is 70.6 Å². The first-order valence-electron chi connectivity index (χ1n) is 13.2. The Bertz CT molecular complexity index is 821. The molecule has 0 aliphatic rings. The molecule has 34 heavy (non-hydrogen) atoms. The molecule has 2 rings (SSSR count). The van der Waals surface area contributed by atoms with Gasteiger partial charge in [-0.05, 0) is 24.1 Å². The lowest BCUT2D eigenvalue weighted by Gasteiger charge is -2.14. The van der Waals surface area contributed by atoms with E-state index >= 15 is 0 Å². The van der Waals surface area contributed by atoms with Crippen LogP contribution < -0.4 is 19.4 Å². The second kappa shape index (κ2) is 17.0. The van der Waals surface area contributed by atoms with Crippen molar-refractivity contribution in [3.63, 3.8) is 0 Å². The van der Waals surface area contributed by atoms with E-state index in [0.717, 1.165) is 12.0 Å². The van der Waals surface area contributed by atoms with Crippen molar-refractivity contribution in [3.8, 4) is 11.5 Å². The number of unbranched alkanes of at least 4 members (excludes halogenated alkanes) is 11. The van der Waals surface area contributed by atoms with Gasteiger partial charge in [-0.25, -0.2) is 4.57 Å². The van der Waals surface area contributed by atoms with Crippen molar-refractivity contribution < 1.29 is 18.8 Å². The molecule has 5 heteroatoms. The van der Waals surface area contributed by atoms with Crippen LogP contribution in [-0.4, -0.2) is 19.6 Å². The standard InChI is InChI=1S/C29H44N2O3/c1-4-5-6-7-8-9-10-11-12-13-14-15-23-34-27-18-16-17-26(28(27)33-3)29(32)30-24-25-19-21-31(2)22-20-25/h16-22H,4-15,23-24H2,1-3H3/p+1. The highest BCUT2D eigenvalue weighted by Crippen LogP contribution is 2.31. The predicted octanol–water partition coefficient (Wildman–Crippen LogP) is 6.53. The number of nitrogens with one attached hydrogen (secondary N) is 1. The van der Waals surface area contributed by atoms with E-state index in [-0.39, 0.29) is 5.91 Å². The maximum atomic E-state index is 12.8. The predicted molar refractivity (Wildman–Crippen MR) is 138 cm³/mol. The van der Waals surface area contributed by atoms with Gasteiger partial charge < -0.3 is 14.8 Å². The molecule has 0 saturated carbocycles. The van der Waals surface area contributed by atoms with Crippen molar-refractivity contribution in [2.45, 2.75) is 90.5 Å². The summed E-state index contributed by atoms with van der Waals surface area (Å²) >= 11 is 0. The summed E-state index contributed by atoms with van der Waals surface area (Å²) in [5.74, 6) is 0.962. The molecule has 0 fully saturated rings. The Labute approximate surface area is 206 Å². The fraction of sp³-hybridized carbons (Fsp3) is 0.586. The Kier molecular flexibility index (Phi) is 13.8. The third-order valence-electron chi connectivity index (χ3n) is 6.18. The zero-order chi connectivity index (χ0) is 24.4. The highest BCUT2D eigenvalue weighted by Gasteiger charge is 2.16. The minimum absolute atomic E-state index is 0.166. The molecule has 1 aromatic carbocycles.